The van der Waals surface area contributed by atoms with Gasteiger partial charge in [-0.3, -0.25) is 19.3 Å². The molecular weight excluding hydrogens is 408 g/mol. The summed E-state index contributed by atoms with van der Waals surface area (Å²) in [5.74, 6) is -5.00. The molecule has 2 rings (SSSR count). The minimum absolute atomic E-state index is 0.135. The first kappa shape index (κ1) is 23.1. The van der Waals surface area contributed by atoms with Crippen LogP contribution in [0.15, 0.2) is 12.3 Å². The molecule has 0 aromatic rings. The van der Waals surface area contributed by atoms with E-state index in [4.69, 9.17) is 14.9 Å². The number of aliphatic hydroxyl groups is 2. The molecule has 14 heteroatoms. The van der Waals surface area contributed by atoms with Gasteiger partial charge in [-0.15, -0.1) is 0 Å². The number of nitrogens with zero attached hydrogens (tertiary/aromatic N) is 1. The number of amides is 4. The van der Waals surface area contributed by atoms with E-state index in [1.54, 1.807) is 0 Å². The zero-order valence-corrected chi connectivity index (χ0v) is 15.6. The van der Waals surface area contributed by atoms with Crippen molar-refractivity contribution in [3.8, 4) is 0 Å². The highest BCUT2D eigenvalue weighted by Crippen LogP contribution is 2.26. The van der Waals surface area contributed by atoms with Crippen LogP contribution in [0, 0.1) is 0 Å². The van der Waals surface area contributed by atoms with Gasteiger partial charge < -0.3 is 41.1 Å². The molecule has 0 saturated carbocycles. The second kappa shape index (κ2) is 9.51. The summed E-state index contributed by atoms with van der Waals surface area (Å²) >= 11 is 0. The molecule has 0 aliphatic carbocycles. The summed E-state index contributed by atoms with van der Waals surface area (Å²) in [7, 11) is 0. The van der Waals surface area contributed by atoms with Crippen molar-refractivity contribution in [3.63, 3.8) is 0 Å². The molecule has 2 fully saturated rings. The van der Waals surface area contributed by atoms with Gasteiger partial charge >= 0.3 is 18.0 Å². The van der Waals surface area contributed by atoms with Crippen molar-refractivity contribution in [2.45, 2.75) is 43.4 Å². The number of aliphatic hydroxyl groups excluding tert-OH is 2. The summed E-state index contributed by atoms with van der Waals surface area (Å²) in [5.41, 5.74) is 0.465. The Morgan fingerprint density at radius 3 is 2.47 bits per heavy atom. The van der Waals surface area contributed by atoms with E-state index >= 15 is 0 Å². The van der Waals surface area contributed by atoms with Gasteiger partial charge in [-0.2, -0.15) is 0 Å². The van der Waals surface area contributed by atoms with Crippen LogP contribution in [0.3, 0.4) is 0 Å². The number of carboxylic acids is 2. The number of hydrogen-bond acceptors (Lipinski definition) is 8. The number of carbonyl (C=O) groups is 5. The van der Waals surface area contributed by atoms with E-state index in [1.807, 2.05) is 5.32 Å². The molecule has 0 aromatic heterocycles. The number of hydrogen-bond donors (Lipinski definition) is 7. The number of nitrogens with one attached hydrogen (secondary N) is 3. The maximum atomic E-state index is 12.2. The lowest BCUT2D eigenvalue weighted by atomic mass is 10.1. The van der Waals surface area contributed by atoms with Gasteiger partial charge in [0.15, 0.2) is 12.3 Å². The SMILES string of the molecule is C=C1CCN([C@@H]2O[C@H](C(=O)NCC(=O)N[C@@H](CC(=O)O)C(=O)O)[C@@H](O)[C@H]2O)C(=O)N1. The Kier molecular flexibility index (Phi) is 7.31. The van der Waals surface area contributed by atoms with Crippen molar-refractivity contribution < 1.29 is 49.1 Å². The lowest BCUT2D eigenvalue weighted by Crippen LogP contribution is -2.54. The summed E-state index contributed by atoms with van der Waals surface area (Å²) in [6.07, 6.45) is -6.72. The van der Waals surface area contributed by atoms with Crippen molar-refractivity contribution in [2.24, 2.45) is 0 Å². The molecule has 0 unspecified atom stereocenters. The highest BCUT2D eigenvalue weighted by molar-refractivity contribution is 5.90. The van der Waals surface area contributed by atoms with Crippen molar-refractivity contribution in [1.29, 1.82) is 0 Å². The van der Waals surface area contributed by atoms with Crippen LogP contribution in [0.4, 0.5) is 4.79 Å². The Morgan fingerprint density at radius 2 is 1.90 bits per heavy atom. The van der Waals surface area contributed by atoms with Crippen LogP contribution in [0.1, 0.15) is 12.8 Å². The van der Waals surface area contributed by atoms with Gasteiger partial charge in [0.05, 0.1) is 13.0 Å². The molecular formula is C16H22N4O10. The van der Waals surface area contributed by atoms with Gasteiger partial charge in [-0.05, 0) is 0 Å². The van der Waals surface area contributed by atoms with Gasteiger partial charge in [0.25, 0.3) is 5.91 Å². The first-order valence-electron chi connectivity index (χ1n) is 8.80. The lowest BCUT2D eigenvalue weighted by Gasteiger charge is -2.34. The van der Waals surface area contributed by atoms with Crippen LogP contribution in [0.2, 0.25) is 0 Å². The van der Waals surface area contributed by atoms with Gasteiger partial charge in [0.1, 0.15) is 18.2 Å². The molecule has 5 atom stereocenters. The maximum Gasteiger partial charge on any atom is 0.326 e. The molecule has 2 aliphatic heterocycles. The number of carbonyl (C=O) groups excluding carboxylic acids is 3. The Morgan fingerprint density at radius 1 is 1.23 bits per heavy atom. The molecule has 2 aliphatic rings. The molecule has 2 heterocycles. The van der Waals surface area contributed by atoms with Gasteiger partial charge in [-0.25, -0.2) is 9.59 Å². The van der Waals surface area contributed by atoms with E-state index in [-0.39, 0.29) is 6.54 Å². The fourth-order valence-corrected chi connectivity index (χ4v) is 2.91. The fraction of sp³-hybridized carbons (Fsp3) is 0.562. The van der Waals surface area contributed by atoms with E-state index in [0.717, 1.165) is 4.90 Å². The quantitative estimate of drug-likeness (QED) is 0.202. The predicted octanol–water partition coefficient (Wildman–Crippen LogP) is -3.48. The molecule has 2 saturated heterocycles. The predicted molar refractivity (Wildman–Crippen MR) is 94.5 cm³/mol. The summed E-state index contributed by atoms with van der Waals surface area (Å²) in [5, 5.41) is 44.2. The average molecular weight is 430 g/mol. The van der Waals surface area contributed by atoms with Gasteiger partial charge in [-0.1, -0.05) is 6.58 Å². The Hall–Kier alpha value is -3.23. The van der Waals surface area contributed by atoms with Crippen LogP contribution in [0.25, 0.3) is 0 Å². The van der Waals surface area contributed by atoms with E-state index in [2.05, 4.69) is 17.2 Å². The van der Waals surface area contributed by atoms with Crippen molar-refractivity contribution in [2.75, 3.05) is 13.1 Å². The monoisotopic (exact) mass is 430 g/mol. The summed E-state index contributed by atoms with van der Waals surface area (Å²) in [4.78, 5) is 58.7. The summed E-state index contributed by atoms with van der Waals surface area (Å²) < 4.78 is 5.32. The lowest BCUT2D eigenvalue weighted by molar-refractivity contribution is -0.147. The largest absolute Gasteiger partial charge is 0.481 e. The molecule has 14 nitrogen and oxygen atoms in total. The average Bonchev–Trinajstić information content (AvgIpc) is 2.94. The van der Waals surface area contributed by atoms with Gasteiger partial charge in [0.2, 0.25) is 5.91 Å². The Bertz CT molecular complexity index is 756. The molecule has 0 bridgehead atoms. The molecule has 166 valence electrons. The van der Waals surface area contributed by atoms with Crippen LogP contribution in [-0.4, -0.2) is 98.8 Å². The minimum atomic E-state index is -1.70. The van der Waals surface area contributed by atoms with Crippen LogP contribution in [0.5, 0.6) is 0 Å². The number of ether oxygens (including phenoxy) is 1. The van der Waals surface area contributed by atoms with E-state index in [9.17, 15) is 34.2 Å². The zero-order valence-electron chi connectivity index (χ0n) is 15.6. The third kappa shape index (κ3) is 5.43. The first-order chi connectivity index (χ1) is 14.0. The smallest absolute Gasteiger partial charge is 0.326 e. The molecule has 0 radical (unpaired) electrons. The van der Waals surface area contributed by atoms with E-state index < -0.39 is 73.3 Å². The normalized spacial score (nSPS) is 27.2. The standard InChI is InChI=1S/C16H22N4O10/c1-6-2-3-20(16(29)18-6)14-11(25)10(24)12(30-14)13(26)17-5-8(21)19-7(15(27)28)4-9(22)23/h7,10-12,14,24-25H,1-5H2,(H,17,26)(H,18,29)(H,19,21)(H,22,23)(H,27,28)/t7-,10-,11+,12-,14+/m0/s1. The van der Waals surface area contributed by atoms with Crippen LogP contribution < -0.4 is 16.0 Å². The van der Waals surface area contributed by atoms with Crippen molar-refractivity contribution in [1.82, 2.24) is 20.9 Å². The topological polar surface area (TPSA) is 215 Å². The number of aliphatic carboxylic acids is 2. The van der Waals surface area contributed by atoms with Crippen molar-refractivity contribution in [3.05, 3.63) is 12.3 Å². The maximum absolute atomic E-state index is 12.2. The fourth-order valence-electron chi connectivity index (χ4n) is 2.91. The van der Waals surface area contributed by atoms with E-state index in [0.29, 0.717) is 12.1 Å². The molecule has 0 spiro atoms. The summed E-state index contributed by atoms with van der Waals surface area (Å²) in [6.45, 7) is 3.01. The molecule has 0 aromatic carbocycles. The molecule has 7 N–H and O–H groups in total. The number of rotatable bonds is 8. The third-order valence-electron chi connectivity index (χ3n) is 4.44. The number of carboxylic acid groups (broad SMARTS) is 2. The highest BCUT2D eigenvalue weighted by atomic mass is 16.6. The van der Waals surface area contributed by atoms with Crippen molar-refractivity contribution >= 4 is 29.8 Å². The molecule has 4 amide bonds. The van der Waals surface area contributed by atoms with E-state index in [1.165, 1.54) is 0 Å². The zero-order chi connectivity index (χ0) is 22.6. The third-order valence-corrected chi connectivity index (χ3v) is 4.44. The van der Waals surface area contributed by atoms with Crippen LogP contribution >= 0.6 is 0 Å². The second-order valence-electron chi connectivity index (χ2n) is 6.68. The minimum Gasteiger partial charge on any atom is -0.481 e. The van der Waals surface area contributed by atoms with Gasteiger partial charge in [0, 0.05) is 18.7 Å². The summed E-state index contributed by atoms with van der Waals surface area (Å²) in [6, 6.07) is -2.32. The molecule has 30 heavy (non-hydrogen) atoms. The Balaban J connectivity index is 1.91. The van der Waals surface area contributed by atoms with Crippen LogP contribution in [-0.2, 0) is 23.9 Å². The first-order valence-corrected chi connectivity index (χ1v) is 8.80. The second-order valence-corrected chi connectivity index (χ2v) is 6.68. The highest BCUT2D eigenvalue weighted by Gasteiger charge is 2.50. The number of urea groups is 1. The Labute approximate surface area is 169 Å².